The summed E-state index contributed by atoms with van der Waals surface area (Å²) in [5.41, 5.74) is 2.65. The van der Waals surface area contributed by atoms with Crippen molar-refractivity contribution in [2.24, 2.45) is 0 Å². The van der Waals surface area contributed by atoms with E-state index >= 15 is 0 Å². The molecule has 0 aliphatic rings. The number of unbranched alkanes of at least 4 members (excludes halogenated alkanes) is 5. The molecule has 9 nitrogen and oxygen atoms in total. The second-order valence-corrected chi connectivity index (χ2v) is 10.5. The van der Waals surface area contributed by atoms with Crippen LogP contribution in [0, 0.1) is 0 Å². The summed E-state index contributed by atoms with van der Waals surface area (Å²) in [6, 6.07) is 26.9. The quantitative estimate of drug-likeness (QED) is 0.0819. The maximum Gasteiger partial charge on any atom is 0.328 e. The van der Waals surface area contributed by atoms with Gasteiger partial charge in [0.1, 0.15) is 29.8 Å². The van der Waals surface area contributed by atoms with Crippen LogP contribution in [0.5, 0.6) is 5.75 Å². The van der Waals surface area contributed by atoms with E-state index in [1.54, 1.807) is 18.2 Å². The third kappa shape index (κ3) is 13.6. The first-order valence-corrected chi connectivity index (χ1v) is 15.1. The standard InChI is InChI=1S/C32H37NO4.C4H4O4/c34-27(23-33-20-12-4-2-1-3-7-13-25-14-8-5-9-15-25)24-36-28-18-19-29-30(35)22-31(37-32(29)21-28)26-16-10-6-11-17-26;5-3(6)1-2-4(7)8/h5-6,8-11,14-19,21-22,27,33-34H,1-4,7,12-13,20,23-24H2;1-2H,(H,5,6)(H,7,8)/b;2-1-. The molecule has 0 saturated carbocycles. The molecule has 3 aromatic carbocycles. The summed E-state index contributed by atoms with van der Waals surface area (Å²) in [5, 5.41) is 29.7. The van der Waals surface area contributed by atoms with Crippen molar-refractivity contribution in [2.75, 3.05) is 19.7 Å². The molecule has 9 heteroatoms. The third-order valence-corrected chi connectivity index (χ3v) is 6.86. The Kier molecular flexibility index (Phi) is 15.1. The summed E-state index contributed by atoms with van der Waals surface area (Å²) < 4.78 is 11.7. The number of nitrogens with one attached hydrogen (secondary N) is 1. The van der Waals surface area contributed by atoms with Crippen LogP contribution in [0.1, 0.15) is 44.1 Å². The lowest BCUT2D eigenvalue weighted by Crippen LogP contribution is -2.32. The van der Waals surface area contributed by atoms with Gasteiger partial charge in [-0.25, -0.2) is 9.59 Å². The highest BCUT2D eigenvalue weighted by atomic mass is 16.5. The number of fused-ring (bicyclic) bond motifs is 1. The molecule has 0 radical (unpaired) electrons. The van der Waals surface area contributed by atoms with Gasteiger partial charge >= 0.3 is 11.9 Å². The summed E-state index contributed by atoms with van der Waals surface area (Å²) in [6.45, 7) is 1.55. The van der Waals surface area contributed by atoms with E-state index in [1.165, 1.54) is 50.2 Å². The van der Waals surface area contributed by atoms with Gasteiger partial charge in [0.15, 0.2) is 5.43 Å². The van der Waals surface area contributed by atoms with Crippen LogP contribution < -0.4 is 15.5 Å². The van der Waals surface area contributed by atoms with Crippen molar-refractivity contribution in [3.8, 4) is 17.1 Å². The van der Waals surface area contributed by atoms with Crippen LogP contribution in [0.3, 0.4) is 0 Å². The van der Waals surface area contributed by atoms with Gasteiger partial charge < -0.3 is 29.8 Å². The molecule has 4 rings (SSSR count). The zero-order chi connectivity index (χ0) is 32.3. The largest absolute Gasteiger partial charge is 0.491 e. The van der Waals surface area contributed by atoms with E-state index in [9.17, 15) is 19.5 Å². The van der Waals surface area contributed by atoms with Crippen molar-refractivity contribution in [2.45, 2.75) is 51.0 Å². The molecular formula is C36H41NO8. The van der Waals surface area contributed by atoms with Crippen LogP contribution in [0.15, 0.2) is 106 Å². The number of aryl methyl sites for hydroxylation is 1. The summed E-state index contributed by atoms with van der Waals surface area (Å²) >= 11 is 0. The van der Waals surface area contributed by atoms with Gasteiger partial charge in [-0.1, -0.05) is 86.3 Å². The Balaban J connectivity index is 0.000000610. The number of aliphatic hydroxyl groups excluding tert-OH is 1. The summed E-state index contributed by atoms with van der Waals surface area (Å²) in [6.07, 6.45) is 9.06. The molecule has 4 N–H and O–H groups in total. The van der Waals surface area contributed by atoms with E-state index in [2.05, 4.69) is 35.6 Å². The fourth-order valence-corrected chi connectivity index (χ4v) is 4.56. The Morgan fingerprint density at radius 3 is 2.09 bits per heavy atom. The molecule has 0 bridgehead atoms. The van der Waals surface area contributed by atoms with Gasteiger partial charge in [-0.05, 0) is 43.5 Å². The molecule has 45 heavy (non-hydrogen) atoms. The molecule has 1 heterocycles. The number of carboxylic acid groups (broad SMARTS) is 2. The lowest BCUT2D eigenvalue weighted by molar-refractivity contribution is -0.134. The molecular weight excluding hydrogens is 574 g/mol. The zero-order valence-corrected chi connectivity index (χ0v) is 25.3. The molecule has 238 valence electrons. The monoisotopic (exact) mass is 615 g/mol. The fourth-order valence-electron chi connectivity index (χ4n) is 4.56. The Bertz CT molecular complexity index is 1530. The summed E-state index contributed by atoms with van der Waals surface area (Å²) in [5.74, 6) is -1.43. The van der Waals surface area contributed by atoms with Crippen molar-refractivity contribution in [3.05, 3.63) is 113 Å². The van der Waals surface area contributed by atoms with Gasteiger partial charge in [-0.2, -0.15) is 0 Å². The minimum Gasteiger partial charge on any atom is -0.491 e. The summed E-state index contributed by atoms with van der Waals surface area (Å²) in [4.78, 5) is 31.6. The van der Waals surface area contributed by atoms with Gasteiger partial charge in [0, 0.05) is 36.4 Å². The third-order valence-electron chi connectivity index (χ3n) is 6.86. The van der Waals surface area contributed by atoms with Crippen LogP contribution in [-0.2, 0) is 16.0 Å². The number of hydrogen-bond acceptors (Lipinski definition) is 7. The first-order chi connectivity index (χ1) is 21.8. The molecule has 1 unspecified atom stereocenters. The lowest BCUT2D eigenvalue weighted by Gasteiger charge is -2.13. The van der Waals surface area contributed by atoms with E-state index in [4.69, 9.17) is 19.4 Å². The molecule has 0 fully saturated rings. The minimum absolute atomic E-state index is 0.0944. The SMILES string of the molecule is O=C(O)/C=C\C(=O)O.O=c1cc(-c2ccccc2)oc2cc(OCC(O)CNCCCCCCCCc3ccccc3)ccc12. The van der Waals surface area contributed by atoms with E-state index < -0.39 is 18.0 Å². The Morgan fingerprint density at radius 2 is 1.42 bits per heavy atom. The molecule has 0 spiro atoms. The van der Waals surface area contributed by atoms with Crippen LogP contribution >= 0.6 is 0 Å². The smallest absolute Gasteiger partial charge is 0.328 e. The number of ether oxygens (including phenoxy) is 1. The average molecular weight is 616 g/mol. The maximum atomic E-state index is 12.5. The Labute approximate surface area is 262 Å². The first kappa shape index (κ1) is 34.8. The van der Waals surface area contributed by atoms with Gasteiger partial charge in [0.2, 0.25) is 0 Å². The van der Waals surface area contributed by atoms with Crippen molar-refractivity contribution in [1.29, 1.82) is 0 Å². The van der Waals surface area contributed by atoms with E-state index in [1.807, 2.05) is 30.3 Å². The zero-order valence-electron chi connectivity index (χ0n) is 25.3. The Hall–Kier alpha value is -4.73. The highest BCUT2D eigenvalue weighted by Gasteiger charge is 2.10. The van der Waals surface area contributed by atoms with Gasteiger partial charge in [-0.15, -0.1) is 0 Å². The molecule has 1 atom stereocenters. The minimum atomic E-state index is -1.26. The van der Waals surface area contributed by atoms with Crippen molar-refractivity contribution < 1.29 is 34.1 Å². The molecule has 0 aliphatic heterocycles. The van der Waals surface area contributed by atoms with Crippen LogP contribution in [0.4, 0.5) is 0 Å². The normalized spacial score (nSPS) is 11.6. The first-order valence-electron chi connectivity index (χ1n) is 15.1. The topological polar surface area (TPSA) is 146 Å². The molecule has 0 saturated heterocycles. The number of rotatable bonds is 17. The second kappa shape index (κ2) is 19.5. The highest BCUT2D eigenvalue weighted by Crippen LogP contribution is 2.25. The number of hydrogen-bond donors (Lipinski definition) is 4. The van der Waals surface area contributed by atoms with Gasteiger partial charge in [0.05, 0.1) is 5.39 Å². The second-order valence-electron chi connectivity index (χ2n) is 10.5. The number of carbonyl (C=O) groups is 2. The molecule has 0 aliphatic carbocycles. The number of aliphatic carboxylic acids is 2. The molecule has 4 aromatic rings. The predicted octanol–water partition coefficient (Wildman–Crippen LogP) is 6.08. The number of carboxylic acids is 2. The Morgan fingerprint density at radius 1 is 0.800 bits per heavy atom. The maximum absolute atomic E-state index is 12.5. The van der Waals surface area contributed by atoms with E-state index in [-0.39, 0.29) is 12.0 Å². The molecule has 0 amide bonds. The van der Waals surface area contributed by atoms with Gasteiger partial charge in [0.25, 0.3) is 0 Å². The predicted molar refractivity (Wildman–Crippen MR) is 175 cm³/mol. The van der Waals surface area contributed by atoms with Crippen LogP contribution in [0.2, 0.25) is 0 Å². The highest BCUT2D eigenvalue weighted by molar-refractivity contribution is 5.89. The van der Waals surface area contributed by atoms with Gasteiger partial charge in [-0.3, -0.25) is 4.79 Å². The van der Waals surface area contributed by atoms with Crippen LogP contribution in [0.25, 0.3) is 22.3 Å². The van der Waals surface area contributed by atoms with Crippen molar-refractivity contribution in [1.82, 2.24) is 5.32 Å². The average Bonchev–Trinajstić information content (AvgIpc) is 3.04. The van der Waals surface area contributed by atoms with Crippen LogP contribution in [-0.4, -0.2) is 53.1 Å². The number of benzene rings is 3. The molecule has 1 aromatic heterocycles. The lowest BCUT2D eigenvalue weighted by atomic mass is 10.1. The number of aliphatic hydroxyl groups is 1. The van der Waals surface area contributed by atoms with Crippen molar-refractivity contribution >= 4 is 22.9 Å². The van der Waals surface area contributed by atoms with E-state index in [0.29, 0.717) is 41.2 Å². The fraction of sp³-hybridized carbons (Fsp3) is 0.306. The van der Waals surface area contributed by atoms with Crippen molar-refractivity contribution in [3.63, 3.8) is 0 Å². The summed E-state index contributed by atoms with van der Waals surface area (Å²) in [7, 11) is 0. The van der Waals surface area contributed by atoms with E-state index in [0.717, 1.165) is 18.5 Å².